The lowest BCUT2D eigenvalue weighted by atomic mass is 9.85. The van der Waals surface area contributed by atoms with E-state index in [0.29, 0.717) is 0 Å². The van der Waals surface area contributed by atoms with Crippen LogP contribution < -0.4 is 10.5 Å². The molecule has 1 heterocycles. The SMILES string of the molecule is COc1ccc(CCC2(N)CCOCC2)cc1. The Morgan fingerprint density at radius 2 is 1.88 bits per heavy atom. The summed E-state index contributed by atoms with van der Waals surface area (Å²) in [7, 11) is 1.69. The minimum Gasteiger partial charge on any atom is -0.497 e. The van der Waals surface area contributed by atoms with Gasteiger partial charge in [0.15, 0.2) is 0 Å². The van der Waals surface area contributed by atoms with Crippen molar-refractivity contribution in [1.82, 2.24) is 0 Å². The van der Waals surface area contributed by atoms with Crippen molar-refractivity contribution < 1.29 is 9.47 Å². The van der Waals surface area contributed by atoms with Crippen LogP contribution in [0.4, 0.5) is 0 Å². The van der Waals surface area contributed by atoms with E-state index in [1.54, 1.807) is 7.11 Å². The molecule has 94 valence electrons. The number of nitrogens with two attached hydrogens (primary N) is 1. The van der Waals surface area contributed by atoms with Crippen molar-refractivity contribution in [3.63, 3.8) is 0 Å². The van der Waals surface area contributed by atoms with Gasteiger partial charge in [-0.1, -0.05) is 12.1 Å². The Morgan fingerprint density at radius 1 is 1.24 bits per heavy atom. The summed E-state index contributed by atoms with van der Waals surface area (Å²) in [6, 6.07) is 8.23. The average Bonchev–Trinajstić information content (AvgIpc) is 2.38. The molecule has 0 radical (unpaired) electrons. The van der Waals surface area contributed by atoms with Gasteiger partial charge in [-0.25, -0.2) is 0 Å². The van der Waals surface area contributed by atoms with E-state index in [2.05, 4.69) is 12.1 Å². The van der Waals surface area contributed by atoms with Crippen molar-refractivity contribution in [3.05, 3.63) is 29.8 Å². The highest BCUT2D eigenvalue weighted by Gasteiger charge is 2.27. The summed E-state index contributed by atoms with van der Waals surface area (Å²) in [5.74, 6) is 0.905. The fourth-order valence-corrected chi connectivity index (χ4v) is 2.21. The molecule has 3 heteroatoms. The number of benzene rings is 1. The molecule has 17 heavy (non-hydrogen) atoms. The minimum absolute atomic E-state index is 0.0296. The first-order valence-electron chi connectivity index (χ1n) is 6.21. The molecule has 0 aromatic heterocycles. The van der Waals surface area contributed by atoms with Crippen LogP contribution in [-0.2, 0) is 11.2 Å². The second-order valence-corrected chi connectivity index (χ2v) is 4.82. The van der Waals surface area contributed by atoms with Crippen molar-refractivity contribution in [2.24, 2.45) is 5.73 Å². The van der Waals surface area contributed by atoms with Crippen molar-refractivity contribution in [2.45, 2.75) is 31.2 Å². The Kier molecular flexibility index (Phi) is 4.02. The molecule has 1 aliphatic rings. The van der Waals surface area contributed by atoms with E-state index >= 15 is 0 Å². The van der Waals surface area contributed by atoms with Gasteiger partial charge < -0.3 is 15.2 Å². The fraction of sp³-hybridized carbons (Fsp3) is 0.571. The van der Waals surface area contributed by atoms with Crippen LogP contribution in [0.1, 0.15) is 24.8 Å². The molecule has 1 fully saturated rings. The Bertz CT molecular complexity index is 342. The second-order valence-electron chi connectivity index (χ2n) is 4.82. The first-order chi connectivity index (χ1) is 8.22. The summed E-state index contributed by atoms with van der Waals surface area (Å²) >= 11 is 0. The van der Waals surface area contributed by atoms with Gasteiger partial charge in [-0.15, -0.1) is 0 Å². The first kappa shape index (κ1) is 12.4. The summed E-state index contributed by atoms with van der Waals surface area (Å²) in [6.07, 6.45) is 4.01. The quantitative estimate of drug-likeness (QED) is 0.869. The van der Waals surface area contributed by atoms with Crippen LogP contribution in [0.2, 0.25) is 0 Å². The summed E-state index contributed by atoms with van der Waals surface area (Å²) in [5, 5.41) is 0. The highest BCUT2D eigenvalue weighted by Crippen LogP contribution is 2.24. The number of rotatable bonds is 4. The molecule has 0 spiro atoms. The zero-order valence-corrected chi connectivity index (χ0v) is 10.4. The lowest BCUT2D eigenvalue weighted by Gasteiger charge is -2.33. The molecule has 1 saturated heterocycles. The highest BCUT2D eigenvalue weighted by atomic mass is 16.5. The van der Waals surface area contributed by atoms with Gasteiger partial charge in [0.25, 0.3) is 0 Å². The highest BCUT2D eigenvalue weighted by molar-refractivity contribution is 5.27. The standard InChI is InChI=1S/C14H21NO2/c1-16-13-4-2-12(3-5-13)6-7-14(15)8-10-17-11-9-14/h2-5H,6-11,15H2,1H3. The Morgan fingerprint density at radius 3 is 2.47 bits per heavy atom. The fourth-order valence-electron chi connectivity index (χ4n) is 2.21. The van der Waals surface area contributed by atoms with Gasteiger partial charge in [0.2, 0.25) is 0 Å². The normalized spacial score (nSPS) is 18.9. The monoisotopic (exact) mass is 235 g/mol. The molecule has 1 aliphatic heterocycles. The smallest absolute Gasteiger partial charge is 0.118 e. The number of methoxy groups -OCH3 is 1. The maximum Gasteiger partial charge on any atom is 0.118 e. The van der Waals surface area contributed by atoms with Crippen LogP contribution in [0.15, 0.2) is 24.3 Å². The maximum atomic E-state index is 6.36. The predicted molar refractivity (Wildman–Crippen MR) is 68.3 cm³/mol. The van der Waals surface area contributed by atoms with Gasteiger partial charge >= 0.3 is 0 Å². The predicted octanol–water partition coefficient (Wildman–Crippen LogP) is 2.14. The van der Waals surface area contributed by atoms with E-state index in [-0.39, 0.29) is 5.54 Å². The van der Waals surface area contributed by atoms with Gasteiger partial charge in [0, 0.05) is 18.8 Å². The third kappa shape index (κ3) is 3.45. The number of ether oxygens (including phenoxy) is 2. The lowest BCUT2D eigenvalue weighted by molar-refractivity contribution is 0.0503. The molecule has 2 rings (SSSR count). The maximum absolute atomic E-state index is 6.36. The van der Waals surface area contributed by atoms with Crippen molar-refractivity contribution in [3.8, 4) is 5.75 Å². The van der Waals surface area contributed by atoms with Gasteiger partial charge in [0.1, 0.15) is 5.75 Å². The third-order valence-corrected chi connectivity index (χ3v) is 3.56. The van der Waals surface area contributed by atoms with Crippen LogP contribution >= 0.6 is 0 Å². The zero-order valence-electron chi connectivity index (χ0n) is 10.4. The Hall–Kier alpha value is -1.06. The van der Waals surface area contributed by atoms with Crippen LogP contribution in [0.3, 0.4) is 0 Å². The third-order valence-electron chi connectivity index (χ3n) is 3.56. The van der Waals surface area contributed by atoms with E-state index < -0.39 is 0 Å². The molecule has 0 bridgehead atoms. The molecule has 0 atom stereocenters. The van der Waals surface area contributed by atoms with Crippen LogP contribution in [0.25, 0.3) is 0 Å². The molecule has 0 aliphatic carbocycles. The van der Waals surface area contributed by atoms with Gasteiger partial charge in [-0.3, -0.25) is 0 Å². The summed E-state index contributed by atoms with van der Waals surface area (Å²) in [4.78, 5) is 0. The average molecular weight is 235 g/mol. The Labute approximate surface area is 103 Å². The van der Waals surface area contributed by atoms with Crippen LogP contribution in [0, 0.1) is 0 Å². The summed E-state index contributed by atoms with van der Waals surface area (Å²) in [5.41, 5.74) is 7.65. The van der Waals surface area contributed by atoms with Crippen LogP contribution in [-0.4, -0.2) is 25.9 Å². The van der Waals surface area contributed by atoms with Crippen molar-refractivity contribution >= 4 is 0 Å². The van der Waals surface area contributed by atoms with E-state index in [4.69, 9.17) is 15.2 Å². The minimum atomic E-state index is -0.0296. The Balaban J connectivity index is 1.87. The van der Waals surface area contributed by atoms with Gasteiger partial charge in [-0.2, -0.15) is 0 Å². The van der Waals surface area contributed by atoms with Gasteiger partial charge in [-0.05, 0) is 43.4 Å². The van der Waals surface area contributed by atoms with E-state index in [0.717, 1.165) is 44.6 Å². The topological polar surface area (TPSA) is 44.5 Å². The molecule has 1 aromatic rings. The largest absolute Gasteiger partial charge is 0.497 e. The number of aryl methyl sites for hydroxylation is 1. The number of hydrogen-bond donors (Lipinski definition) is 1. The molecular formula is C14H21NO2. The summed E-state index contributed by atoms with van der Waals surface area (Å²) in [6.45, 7) is 1.61. The van der Waals surface area contributed by atoms with Crippen molar-refractivity contribution in [1.29, 1.82) is 0 Å². The van der Waals surface area contributed by atoms with E-state index in [1.807, 2.05) is 12.1 Å². The molecule has 2 N–H and O–H groups in total. The van der Waals surface area contributed by atoms with E-state index in [9.17, 15) is 0 Å². The summed E-state index contributed by atoms with van der Waals surface area (Å²) < 4.78 is 10.5. The molecular weight excluding hydrogens is 214 g/mol. The zero-order chi connectivity index (χ0) is 12.1. The van der Waals surface area contributed by atoms with Gasteiger partial charge in [0.05, 0.1) is 7.11 Å². The lowest BCUT2D eigenvalue weighted by Crippen LogP contribution is -2.45. The van der Waals surface area contributed by atoms with E-state index in [1.165, 1.54) is 5.56 Å². The van der Waals surface area contributed by atoms with Crippen LogP contribution in [0.5, 0.6) is 5.75 Å². The molecule has 0 unspecified atom stereocenters. The molecule has 1 aromatic carbocycles. The van der Waals surface area contributed by atoms with Crippen molar-refractivity contribution in [2.75, 3.05) is 20.3 Å². The second kappa shape index (κ2) is 5.52. The first-order valence-corrected chi connectivity index (χ1v) is 6.21. The molecule has 0 saturated carbocycles. The molecule has 0 amide bonds. The number of hydrogen-bond acceptors (Lipinski definition) is 3. The molecule has 3 nitrogen and oxygen atoms in total.